The number of hydrogen-bond donors (Lipinski definition) is 1. The molecule has 0 unspecified atom stereocenters. The maximum Gasteiger partial charge on any atom is 0.104 e. The molecule has 0 aliphatic rings. The van der Waals surface area contributed by atoms with Gasteiger partial charge in [-0.05, 0) is 34.6 Å². The van der Waals surface area contributed by atoms with Gasteiger partial charge in [0, 0.05) is 27.9 Å². The number of methoxy groups -OCH3 is 1. The molecule has 0 saturated carbocycles. The first-order chi connectivity index (χ1) is 10.2. The van der Waals surface area contributed by atoms with Crippen LogP contribution in [0.1, 0.15) is 22.5 Å². The first-order valence-corrected chi connectivity index (χ1v) is 9.38. The van der Waals surface area contributed by atoms with Gasteiger partial charge in [0.15, 0.2) is 0 Å². The van der Waals surface area contributed by atoms with Gasteiger partial charge >= 0.3 is 0 Å². The van der Waals surface area contributed by atoms with Crippen LogP contribution in [0.15, 0.2) is 33.6 Å². The average Bonchev–Trinajstić information content (AvgIpc) is 2.87. The van der Waals surface area contributed by atoms with Crippen LogP contribution in [0.2, 0.25) is 0 Å². The molecule has 2 rings (SSSR count). The molecule has 114 valence electrons. The molecule has 0 aliphatic heterocycles. The van der Waals surface area contributed by atoms with Crippen molar-refractivity contribution < 1.29 is 4.74 Å². The third kappa shape index (κ3) is 5.07. The number of aromatic nitrogens is 1. The van der Waals surface area contributed by atoms with E-state index >= 15 is 0 Å². The zero-order valence-corrected chi connectivity index (χ0v) is 15.4. The van der Waals surface area contributed by atoms with Crippen LogP contribution in [0.4, 0.5) is 0 Å². The Balaban J connectivity index is 2.04. The Labute approximate surface area is 142 Å². The number of thiazole rings is 1. The lowest BCUT2D eigenvalue weighted by Crippen LogP contribution is -2.12. The summed E-state index contributed by atoms with van der Waals surface area (Å²) in [6, 6.07) is 8.28. The van der Waals surface area contributed by atoms with Crippen LogP contribution in [0.25, 0.3) is 0 Å². The third-order valence-electron chi connectivity index (χ3n) is 2.83. The molecular weight excluding hydrogens is 368 g/mol. The van der Waals surface area contributed by atoms with E-state index in [0.29, 0.717) is 6.61 Å². The number of nitrogens with one attached hydrogen (secondary N) is 1. The van der Waals surface area contributed by atoms with Gasteiger partial charge in [0.2, 0.25) is 0 Å². The quantitative estimate of drug-likeness (QED) is 0.679. The van der Waals surface area contributed by atoms with Crippen molar-refractivity contribution in [1.82, 2.24) is 10.3 Å². The largest absolute Gasteiger partial charge is 0.378 e. The van der Waals surface area contributed by atoms with E-state index in [2.05, 4.69) is 46.4 Å². The van der Waals surface area contributed by atoms with Gasteiger partial charge in [-0.3, -0.25) is 0 Å². The summed E-state index contributed by atoms with van der Waals surface area (Å²) >= 11 is 7.16. The second-order valence-corrected chi connectivity index (χ2v) is 7.45. The minimum atomic E-state index is 0.580. The highest BCUT2D eigenvalue weighted by atomic mass is 79.9. The van der Waals surface area contributed by atoms with Crippen LogP contribution in [0, 0.1) is 0 Å². The molecule has 1 aromatic heterocycles. The fourth-order valence-corrected chi connectivity index (χ4v) is 4.43. The first-order valence-electron chi connectivity index (χ1n) is 6.79. The van der Waals surface area contributed by atoms with Gasteiger partial charge in [-0.2, -0.15) is 0 Å². The number of benzene rings is 1. The van der Waals surface area contributed by atoms with Crippen molar-refractivity contribution in [1.29, 1.82) is 0 Å². The maximum absolute atomic E-state index is 5.25. The number of thioether (sulfide) groups is 1. The Kier molecular flexibility index (Phi) is 7.19. The molecule has 0 radical (unpaired) electrons. The molecule has 0 saturated heterocycles. The number of rotatable bonds is 8. The van der Waals surface area contributed by atoms with E-state index in [1.54, 1.807) is 30.2 Å². The van der Waals surface area contributed by atoms with E-state index in [0.717, 1.165) is 34.0 Å². The monoisotopic (exact) mass is 386 g/mol. The Morgan fingerprint density at radius 1 is 1.38 bits per heavy atom. The Bertz CT molecular complexity index is 575. The molecule has 1 aromatic carbocycles. The van der Waals surface area contributed by atoms with Gasteiger partial charge in [-0.25, -0.2) is 4.98 Å². The van der Waals surface area contributed by atoms with Gasteiger partial charge in [-0.1, -0.05) is 19.1 Å². The molecule has 6 heteroatoms. The van der Waals surface area contributed by atoms with Crippen molar-refractivity contribution in [2.24, 2.45) is 0 Å². The highest BCUT2D eigenvalue weighted by molar-refractivity contribution is 9.10. The summed E-state index contributed by atoms with van der Waals surface area (Å²) in [7, 11) is 1.71. The van der Waals surface area contributed by atoms with Crippen molar-refractivity contribution in [3.63, 3.8) is 0 Å². The van der Waals surface area contributed by atoms with Crippen molar-refractivity contribution in [2.45, 2.75) is 30.7 Å². The number of ether oxygens (including phenoxy) is 1. The molecule has 0 fully saturated rings. The summed E-state index contributed by atoms with van der Waals surface area (Å²) in [5, 5.41) is 4.51. The SMILES string of the molecule is CCNCc1sc(CSc2ccccc2Br)nc1COC. The standard InChI is InChI=1S/C15H19BrN2OS2/c1-3-17-8-14-12(9-19-2)18-15(21-14)10-20-13-7-5-4-6-11(13)16/h4-7,17H,3,8-10H2,1-2H3. The second-order valence-electron chi connectivity index (χ2n) is 4.41. The molecular formula is C15H19BrN2OS2. The van der Waals surface area contributed by atoms with Gasteiger partial charge in [0.05, 0.1) is 18.1 Å². The predicted molar refractivity (Wildman–Crippen MR) is 93.9 cm³/mol. The van der Waals surface area contributed by atoms with Crippen molar-refractivity contribution >= 4 is 39.0 Å². The zero-order chi connectivity index (χ0) is 15.1. The molecule has 21 heavy (non-hydrogen) atoms. The van der Waals surface area contributed by atoms with Gasteiger partial charge < -0.3 is 10.1 Å². The van der Waals surface area contributed by atoms with Crippen LogP contribution in [0.5, 0.6) is 0 Å². The van der Waals surface area contributed by atoms with E-state index in [4.69, 9.17) is 9.72 Å². The highest BCUT2D eigenvalue weighted by Gasteiger charge is 2.11. The van der Waals surface area contributed by atoms with Gasteiger partial charge in [0.1, 0.15) is 5.01 Å². The van der Waals surface area contributed by atoms with Crippen LogP contribution in [-0.2, 0) is 23.6 Å². The minimum absolute atomic E-state index is 0.580. The van der Waals surface area contributed by atoms with E-state index < -0.39 is 0 Å². The fraction of sp³-hybridized carbons (Fsp3) is 0.400. The minimum Gasteiger partial charge on any atom is -0.378 e. The lowest BCUT2D eigenvalue weighted by molar-refractivity contribution is 0.181. The molecule has 0 bridgehead atoms. The summed E-state index contributed by atoms with van der Waals surface area (Å²) in [6.45, 7) is 4.52. The summed E-state index contributed by atoms with van der Waals surface area (Å²) in [5.41, 5.74) is 1.06. The maximum atomic E-state index is 5.25. The number of hydrogen-bond acceptors (Lipinski definition) is 5. The Hall–Kier alpha value is -0.400. The number of halogens is 1. The lowest BCUT2D eigenvalue weighted by Gasteiger charge is -2.01. The third-order valence-corrected chi connectivity index (χ3v) is 6.15. The molecule has 0 aliphatic carbocycles. The fourth-order valence-electron chi connectivity index (χ4n) is 1.83. The molecule has 1 heterocycles. The molecule has 0 spiro atoms. The predicted octanol–water partition coefficient (Wildman–Crippen LogP) is 4.45. The number of nitrogens with zero attached hydrogens (tertiary/aromatic N) is 1. The van der Waals surface area contributed by atoms with Crippen LogP contribution in [-0.4, -0.2) is 18.6 Å². The smallest absolute Gasteiger partial charge is 0.104 e. The first kappa shape index (κ1) is 17.0. The van der Waals surface area contributed by atoms with Crippen LogP contribution in [0.3, 0.4) is 0 Å². The Morgan fingerprint density at radius 3 is 2.90 bits per heavy atom. The average molecular weight is 387 g/mol. The normalized spacial score (nSPS) is 11.0. The molecule has 1 N–H and O–H groups in total. The zero-order valence-electron chi connectivity index (χ0n) is 12.2. The highest BCUT2D eigenvalue weighted by Crippen LogP contribution is 2.31. The van der Waals surface area contributed by atoms with E-state index in [-0.39, 0.29) is 0 Å². The molecule has 2 aromatic rings. The molecule has 3 nitrogen and oxygen atoms in total. The lowest BCUT2D eigenvalue weighted by atomic mass is 10.3. The van der Waals surface area contributed by atoms with Crippen LogP contribution >= 0.6 is 39.0 Å². The summed E-state index contributed by atoms with van der Waals surface area (Å²) in [5.74, 6) is 0.885. The topological polar surface area (TPSA) is 34.2 Å². The summed E-state index contributed by atoms with van der Waals surface area (Å²) in [4.78, 5) is 7.24. The molecule has 0 atom stereocenters. The van der Waals surface area contributed by atoms with E-state index in [1.165, 1.54) is 9.77 Å². The molecule has 0 amide bonds. The summed E-state index contributed by atoms with van der Waals surface area (Å²) < 4.78 is 6.38. The summed E-state index contributed by atoms with van der Waals surface area (Å²) in [6.07, 6.45) is 0. The second kappa shape index (κ2) is 8.90. The van der Waals surface area contributed by atoms with Gasteiger partial charge in [-0.15, -0.1) is 23.1 Å². The van der Waals surface area contributed by atoms with Crippen molar-refractivity contribution in [2.75, 3.05) is 13.7 Å². The van der Waals surface area contributed by atoms with Crippen molar-refractivity contribution in [3.05, 3.63) is 44.3 Å². The van der Waals surface area contributed by atoms with Crippen molar-refractivity contribution in [3.8, 4) is 0 Å². The van der Waals surface area contributed by atoms with E-state index in [9.17, 15) is 0 Å². The van der Waals surface area contributed by atoms with Gasteiger partial charge in [0.25, 0.3) is 0 Å². The van der Waals surface area contributed by atoms with E-state index in [1.807, 2.05) is 6.07 Å². The Morgan fingerprint density at radius 2 is 2.19 bits per heavy atom. The van der Waals surface area contributed by atoms with Crippen LogP contribution < -0.4 is 5.32 Å².